The van der Waals surface area contributed by atoms with Crippen LogP contribution in [0.5, 0.6) is 0 Å². The number of ether oxygens (including phenoxy) is 1. The van der Waals surface area contributed by atoms with Crippen molar-refractivity contribution in [2.75, 3.05) is 26.8 Å². The quantitative estimate of drug-likeness (QED) is 0.376. The van der Waals surface area contributed by atoms with Gasteiger partial charge in [0.15, 0.2) is 0 Å². The molecule has 3 rings (SSSR count). The van der Waals surface area contributed by atoms with E-state index in [1.54, 1.807) is 29.4 Å². The fourth-order valence-corrected chi connectivity index (χ4v) is 4.42. The van der Waals surface area contributed by atoms with E-state index in [2.05, 4.69) is 0 Å². The van der Waals surface area contributed by atoms with Crippen molar-refractivity contribution < 1.29 is 18.7 Å². The number of benzene rings is 2. The summed E-state index contributed by atoms with van der Waals surface area (Å²) < 4.78 is 19.4. The Balaban J connectivity index is 1.81. The lowest BCUT2D eigenvalue weighted by molar-refractivity contribution is -0.133. The summed E-state index contributed by atoms with van der Waals surface area (Å²) in [4.78, 5) is 32.0. The molecule has 7 heteroatoms. The fourth-order valence-electron chi connectivity index (χ4n) is 3.51. The van der Waals surface area contributed by atoms with Crippen LogP contribution in [-0.2, 0) is 22.6 Å². The van der Waals surface area contributed by atoms with Crippen molar-refractivity contribution in [1.82, 2.24) is 9.80 Å². The van der Waals surface area contributed by atoms with E-state index in [1.165, 1.54) is 28.0 Å². The molecular weight excluding hydrogens is 439 g/mol. The molecule has 1 aromatic heterocycles. The monoisotopic (exact) mass is 468 g/mol. The number of thiophene rings is 1. The first-order chi connectivity index (χ1) is 16.0. The summed E-state index contributed by atoms with van der Waals surface area (Å²) in [7, 11) is 1.58. The van der Waals surface area contributed by atoms with E-state index in [0.717, 1.165) is 10.4 Å². The Morgan fingerprint density at radius 1 is 0.939 bits per heavy atom. The molecule has 0 atom stereocenters. The molecule has 33 heavy (non-hydrogen) atoms. The lowest BCUT2D eigenvalue weighted by Gasteiger charge is -2.28. The summed E-state index contributed by atoms with van der Waals surface area (Å²) in [6.07, 6.45) is 0.548. The van der Waals surface area contributed by atoms with Gasteiger partial charge in [0.05, 0.1) is 12.1 Å². The average molecular weight is 469 g/mol. The minimum atomic E-state index is -0.595. The number of nitrogens with zero attached hydrogens (tertiary/aromatic N) is 2. The minimum Gasteiger partial charge on any atom is -0.385 e. The van der Waals surface area contributed by atoms with E-state index < -0.39 is 11.7 Å². The van der Waals surface area contributed by atoms with Gasteiger partial charge >= 0.3 is 0 Å². The molecule has 174 valence electrons. The van der Waals surface area contributed by atoms with Crippen LogP contribution in [-0.4, -0.2) is 48.4 Å². The molecule has 0 spiro atoms. The lowest BCUT2D eigenvalue weighted by Crippen LogP contribution is -2.43. The molecule has 0 aliphatic heterocycles. The summed E-state index contributed by atoms with van der Waals surface area (Å²) in [5, 5.41) is 0. The molecule has 3 aromatic rings. The molecular formula is C26H29FN2O3S. The van der Waals surface area contributed by atoms with Crippen molar-refractivity contribution in [1.29, 1.82) is 0 Å². The predicted octanol–water partition coefficient (Wildman–Crippen LogP) is 4.90. The summed E-state index contributed by atoms with van der Waals surface area (Å²) in [5.41, 5.74) is 0.969. The van der Waals surface area contributed by atoms with Crippen LogP contribution in [0.25, 0.3) is 0 Å². The van der Waals surface area contributed by atoms with E-state index in [4.69, 9.17) is 4.74 Å². The zero-order valence-corrected chi connectivity index (χ0v) is 19.8. The van der Waals surface area contributed by atoms with Crippen molar-refractivity contribution in [3.05, 3.63) is 93.4 Å². The number of methoxy groups -OCH3 is 1. The summed E-state index contributed by atoms with van der Waals surface area (Å²) in [6, 6.07) is 19.7. The van der Waals surface area contributed by atoms with Crippen LogP contribution in [0.1, 0.15) is 32.1 Å². The molecule has 2 amide bonds. The van der Waals surface area contributed by atoms with Crippen molar-refractivity contribution in [3.63, 3.8) is 0 Å². The molecule has 0 N–H and O–H groups in total. The van der Waals surface area contributed by atoms with Gasteiger partial charge in [-0.1, -0.05) is 42.5 Å². The number of rotatable bonds is 11. The number of aryl methyl sites for hydroxylation is 1. The van der Waals surface area contributed by atoms with Crippen LogP contribution in [0.4, 0.5) is 4.39 Å². The molecule has 0 radical (unpaired) electrons. The van der Waals surface area contributed by atoms with Crippen molar-refractivity contribution in [3.8, 4) is 0 Å². The third kappa shape index (κ3) is 7.23. The number of carbonyl (C=O) groups excluding carboxylic acids is 2. The maximum absolute atomic E-state index is 14.3. The fraction of sp³-hybridized carbons (Fsp3) is 0.308. The number of hydrogen-bond acceptors (Lipinski definition) is 4. The van der Waals surface area contributed by atoms with Gasteiger partial charge in [-0.3, -0.25) is 9.59 Å². The number of halogens is 1. The topological polar surface area (TPSA) is 49.9 Å². The van der Waals surface area contributed by atoms with Crippen LogP contribution in [0.2, 0.25) is 0 Å². The zero-order valence-electron chi connectivity index (χ0n) is 19.0. The second-order valence-electron chi connectivity index (χ2n) is 7.80. The largest absolute Gasteiger partial charge is 0.385 e. The molecule has 0 unspecified atom stereocenters. The minimum absolute atomic E-state index is 0.0359. The van der Waals surface area contributed by atoms with Crippen LogP contribution in [0.15, 0.2) is 66.7 Å². The Bertz CT molecular complexity index is 1050. The molecule has 0 aliphatic carbocycles. The molecule has 0 bridgehead atoms. The smallest absolute Gasteiger partial charge is 0.257 e. The predicted molar refractivity (Wildman–Crippen MR) is 129 cm³/mol. The van der Waals surface area contributed by atoms with Crippen LogP contribution < -0.4 is 0 Å². The number of carbonyl (C=O) groups is 2. The maximum Gasteiger partial charge on any atom is 0.257 e. The molecule has 2 aromatic carbocycles. The van der Waals surface area contributed by atoms with Crippen molar-refractivity contribution >= 4 is 23.2 Å². The molecule has 0 saturated heterocycles. The van der Waals surface area contributed by atoms with E-state index in [1.807, 2.05) is 49.4 Å². The summed E-state index contributed by atoms with van der Waals surface area (Å²) >= 11 is 1.64. The van der Waals surface area contributed by atoms with Crippen LogP contribution in [0, 0.1) is 12.7 Å². The molecule has 0 aliphatic rings. The van der Waals surface area contributed by atoms with E-state index >= 15 is 0 Å². The van der Waals surface area contributed by atoms with Gasteiger partial charge in [0.2, 0.25) is 5.91 Å². The standard InChI is InChI=1S/C26H29FN2O3S/c1-20-13-14-22(33-20)18-29(17-21-9-4-3-5-10-21)25(30)19-28(15-8-16-32-2)26(31)23-11-6-7-12-24(23)27/h3-7,9-14H,8,15-19H2,1-2H3. The van der Waals surface area contributed by atoms with E-state index in [-0.39, 0.29) is 18.0 Å². The highest BCUT2D eigenvalue weighted by Crippen LogP contribution is 2.19. The van der Waals surface area contributed by atoms with Gasteiger partial charge in [0.25, 0.3) is 5.91 Å². The average Bonchev–Trinajstić information content (AvgIpc) is 3.23. The van der Waals surface area contributed by atoms with Crippen molar-refractivity contribution in [2.24, 2.45) is 0 Å². The Labute approximate surface area is 198 Å². The zero-order chi connectivity index (χ0) is 23.6. The highest BCUT2D eigenvalue weighted by Gasteiger charge is 2.24. The highest BCUT2D eigenvalue weighted by molar-refractivity contribution is 7.11. The molecule has 5 nitrogen and oxygen atoms in total. The van der Waals surface area contributed by atoms with Gasteiger partial charge in [-0.25, -0.2) is 4.39 Å². The number of hydrogen-bond donors (Lipinski definition) is 0. The van der Waals surface area contributed by atoms with Crippen LogP contribution >= 0.6 is 11.3 Å². The Kier molecular flexibility index (Phi) is 9.15. The van der Waals surface area contributed by atoms with Gasteiger partial charge < -0.3 is 14.5 Å². The second kappa shape index (κ2) is 12.3. The van der Waals surface area contributed by atoms with Crippen LogP contribution in [0.3, 0.4) is 0 Å². The van der Waals surface area contributed by atoms with Gasteiger partial charge in [-0.15, -0.1) is 11.3 Å². The third-order valence-corrected chi connectivity index (χ3v) is 6.19. The summed E-state index contributed by atoms with van der Waals surface area (Å²) in [6.45, 7) is 3.51. The number of amides is 2. The molecule has 0 fully saturated rings. The lowest BCUT2D eigenvalue weighted by atomic mass is 10.1. The summed E-state index contributed by atoms with van der Waals surface area (Å²) in [5.74, 6) is -1.28. The van der Waals surface area contributed by atoms with E-state index in [9.17, 15) is 14.0 Å². The first-order valence-corrected chi connectivity index (χ1v) is 11.7. The Morgan fingerprint density at radius 3 is 2.33 bits per heavy atom. The van der Waals surface area contributed by atoms with Crippen molar-refractivity contribution in [2.45, 2.75) is 26.4 Å². The first kappa shape index (κ1) is 24.6. The molecule has 1 heterocycles. The molecule has 0 saturated carbocycles. The Morgan fingerprint density at radius 2 is 1.67 bits per heavy atom. The van der Waals surface area contributed by atoms with Gasteiger partial charge in [0.1, 0.15) is 12.4 Å². The maximum atomic E-state index is 14.3. The Hall–Kier alpha value is -3.03. The normalized spacial score (nSPS) is 10.8. The van der Waals surface area contributed by atoms with E-state index in [0.29, 0.717) is 32.7 Å². The third-order valence-electron chi connectivity index (χ3n) is 5.21. The highest BCUT2D eigenvalue weighted by atomic mass is 32.1. The SMILES string of the molecule is COCCCN(CC(=O)N(Cc1ccccc1)Cc1ccc(C)s1)C(=O)c1ccccc1F. The second-order valence-corrected chi connectivity index (χ2v) is 9.17. The first-order valence-electron chi connectivity index (χ1n) is 10.9. The van der Waals surface area contributed by atoms with Gasteiger partial charge in [-0.05, 0) is 43.2 Å². The van der Waals surface area contributed by atoms with Gasteiger partial charge in [-0.2, -0.15) is 0 Å². The van der Waals surface area contributed by atoms with Gasteiger partial charge in [0, 0.05) is 36.6 Å².